The fourth-order valence-electron chi connectivity index (χ4n) is 4.09. The summed E-state index contributed by atoms with van der Waals surface area (Å²) in [6.07, 6.45) is 0.680. The number of amides is 1. The van der Waals surface area contributed by atoms with Crippen LogP contribution in [0.1, 0.15) is 37.4 Å². The lowest BCUT2D eigenvalue weighted by molar-refractivity contribution is -0.120. The number of sulfonamides is 1. The van der Waals surface area contributed by atoms with Crippen LogP contribution in [-0.2, 0) is 14.8 Å². The Bertz CT molecular complexity index is 1320. The highest BCUT2D eigenvalue weighted by Crippen LogP contribution is 2.34. The zero-order chi connectivity index (χ0) is 27.9. The summed E-state index contributed by atoms with van der Waals surface area (Å²) in [6, 6.07) is 18.5. The van der Waals surface area contributed by atoms with E-state index < -0.39 is 22.5 Å². The number of nitrogens with one attached hydrogen (secondary N) is 1. The van der Waals surface area contributed by atoms with Crippen molar-refractivity contribution in [3.8, 4) is 17.2 Å². The van der Waals surface area contributed by atoms with Gasteiger partial charge in [0.25, 0.3) is 10.0 Å². The second-order valence-electron chi connectivity index (χ2n) is 9.39. The van der Waals surface area contributed by atoms with Crippen LogP contribution < -0.4 is 23.8 Å². The van der Waals surface area contributed by atoms with Crippen LogP contribution in [0.3, 0.4) is 0 Å². The summed E-state index contributed by atoms with van der Waals surface area (Å²) >= 11 is 0. The molecular formula is C29H36N2O6S. The Hall–Kier alpha value is -3.72. The van der Waals surface area contributed by atoms with E-state index in [-0.39, 0.29) is 16.6 Å². The number of anilines is 1. The quantitative estimate of drug-likeness (QED) is 0.343. The molecule has 0 heterocycles. The normalized spacial score (nSPS) is 12.1. The molecule has 0 saturated heterocycles. The summed E-state index contributed by atoms with van der Waals surface area (Å²) < 4.78 is 44.6. The highest BCUT2D eigenvalue weighted by atomic mass is 32.2. The van der Waals surface area contributed by atoms with Crippen LogP contribution in [0, 0.1) is 12.8 Å². The van der Waals surface area contributed by atoms with Crippen molar-refractivity contribution in [2.24, 2.45) is 5.92 Å². The molecule has 0 bridgehead atoms. The Balaban J connectivity index is 1.98. The monoisotopic (exact) mass is 540 g/mol. The highest BCUT2D eigenvalue weighted by Gasteiger charge is 2.29. The molecule has 3 aromatic rings. The van der Waals surface area contributed by atoms with Gasteiger partial charge in [-0.3, -0.25) is 9.10 Å². The Morgan fingerprint density at radius 2 is 1.50 bits per heavy atom. The summed E-state index contributed by atoms with van der Waals surface area (Å²) in [5.74, 6) is 1.38. The molecule has 9 heteroatoms. The zero-order valence-electron chi connectivity index (χ0n) is 22.7. The van der Waals surface area contributed by atoms with Crippen molar-refractivity contribution in [2.75, 3.05) is 32.2 Å². The zero-order valence-corrected chi connectivity index (χ0v) is 23.5. The fourth-order valence-corrected chi connectivity index (χ4v) is 5.50. The van der Waals surface area contributed by atoms with E-state index in [0.717, 1.165) is 15.4 Å². The molecule has 0 unspecified atom stereocenters. The van der Waals surface area contributed by atoms with Gasteiger partial charge in [-0.2, -0.15) is 0 Å². The first-order valence-electron chi connectivity index (χ1n) is 12.3. The third-order valence-corrected chi connectivity index (χ3v) is 7.90. The molecular weight excluding hydrogens is 504 g/mol. The first-order chi connectivity index (χ1) is 18.1. The maximum Gasteiger partial charge on any atom is 0.264 e. The molecule has 0 aliphatic heterocycles. The van der Waals surface area contributed by atoms with E-state index in [1.54, 1.807) is 37.4 Å². The van der Waals surface area contributed by atoms with Gasteiger partial charge in [0.2, 0.25) is 5.91 Å². The number of hydrogen-bond donors (Lipinski definition) is 1. The van der Waals surface area contributed by atoms with Crippen molar-refractivity contribution in [3.05, 3.63) is 77.9 Å². The second kappa shape index (κ2) is 12.7. The van der Waals surface area contributed by atoms with Crippen molar-refractivity contribution in [1.29, 1.82) is 0 Å². The van der Waals surface area contributed by atoms with Crippen molar-refractivity contribution in [2.45, 2.75) is 38.1 Å². The molecule has 1 atom stereocenters. The van der Waals surface area contributed by atoms with E-state index in [0.29, 0.717) is 29.6 Å². The summed E-state index contributed by atoms with van der Waals surface area (Å²) in [4.78, 5) is 13.5. The minimum absolute atomic E-state index is 0.0829. The molecule has 3 aromatic carbocycles. The number of carbonyl (C=O) groups is 1. The number of ether oxygens (including phenoxy) is 3. The molecule has 0 fully saturated rings. The molecule has 0 saturated carbocycles. The molecule has 8 nitrogen and oxygen atoms in total. The molecule has 0 aliphatic rings. The molecule has 1 amide bonds. The Morgan fingerprint density at radius 1 is 0.868 bits per heavy atom. The van der Waals surface area contributed by atoms with Crippen LogP contribution in [-0.4, -0.2) is 42.2 Å². The Morgan fingerprint density at radius 3 is 2.05 bits per heavy atom. The van der Waals surface area contributed by atoms with Crippen LogP contribution in [0.15, 0.2) is 71.6 Å². The van der Waals surface area contributed by atoms with Gasteiger partial charge < -0.3 is 19.5 Å². The van der Waals surface area contributed by atoms with E-state index in [1.807, 2.05) is 31.2 Å². The van der Waals surface area contributed by atoms with E-state index in [4.69, 9.17) is 14.2 Å². The number of methoxy groups -OCH3 is 3. The topological polar surface area (TPSA) is 94.2 Å². The van der Waals surface area contributed by atoms with Crippen molar-refractivity contribution < 1.29 is 27.4 Å². The van der Waals surface area contributed by atoms with Gasteiger partial charge in [0, 0.05) is 6.07 Å². The SMILES string of the molecule is COc1ccc([C@H](CC(C)C)NC(=O)CN(c2ccc(OC)c(OC)c2)S(=O)(=O)c2ccc(C)cc2)cc1. The third kappa shape index (κ3) is 6.98. The number of aryl methyl sites for hydroxylation is 1. The number of rotatable bonds is 12. The lowest BCUT2D eigenvalue weighted by Gasteiger charge is -2.27. The van der Waals surface area contributed by atoms with Gasteiger partial charge in [-0.15, -0.1) is 0 Å². The minimum Gasteiger partial charge on any atom is -0.497 e. The van der Waals surface area contributed by atoms with E-state index in [1.165, 1.54) is 26.4 Å². The lowest BCUT2D eigenvalue weighted by atomic mass is 9.97. The first kappa shape index (κ1) is 28.8. The van der Waals surface area contributed by atoms with Gasteiger partial charge in [0.1, 0.15) is 12.3 Å². The van der Waals surface area contributed by atoms with Crippen LogP contribution in [0.5, 0.6) is 17.2 Å². The summed E-state index contributed by atoms with van der Waals surface area (Å²) in [5, 5.41) is 3.04. The molecule has 0 aliphatic carbocycles. The third-order valence-electron chi connectivity index (χ3n) is 6.11. The lowest BCUT2D eigenvalue weighted by Crippen LogP contribution is -2.42. The van der Waals surface area contributed by atoms with Gasteiger partial charge in [0.05, 0.1) is 38.0 Å². The number of benzene rings is 3. The van der Waals surface area contributed by atoms with E-state index >= 15 is 0 Å². The smallest absolute Gasteiger partial charge is 0.264 e. The summed E-state index contributed by atoms with van der Waals surface area (Å²) in [5.41, 5.74) is 2.12. The second-order valence-corrected chi connectivity index (χ2v) is 11.2. The molecule has 0 spiro atoms. The number of carbonyl (C=O) groups excluding carboxylic acids is 1. The minimum atomic E-state index is -4.08. The van der Waals surface area contributed by atoms with Crippen molar-refractivity contribution in [1.82, 2.24) is 5.32 Å². The van der Waals surface area contributed by atoms with Crippen LogP contribution in [0.25, 0.3) is 0 Å². The molecule has 1 N–H and O–H groups in total. The molecule has 38 heavy (non-hydrogen) atoms. The van der Waals surface area contributed by atoms with Gasteiger partial charge in [0.15, 0.2) is 11.5 Å². The predicted octanol–water partition coefficient (Wildman–Crippen LogP) is 5.12. The molecule has 204 valence electrons. The average molecular weight is 541 g/mol. The summed E-state index contributed by atoms with van der Waals surface area (Å²) in [6.45, 7) is 5.60. The van der Waals surface area contributed by atoms with E-state index in [2.05, 4.69) is 19.2 Å². The predicted molar refractivity (Wildman–Crippen MR) is 149 cm³/mol. The maximum absolute atomic E-state index is 13.8. The fraction of sp³-hybridized carbons (Fsp3) is 0.345. The van der Waals surface area contributed by atoms with E-state index in [9.17, 15) is 13.2 Å². The van der Waals surface area contributed by atoms with Crippen LogP contribution in [0.4, 0.5) is 5.69 Å². The van der Waals surface area contributed by atoms with Crippen LogP contribution in [0.2, 0.25) is 0 Å². The number of nitrogens with zero attached hydrogens (tertiary/aromatic N) is 1. The first-order valence-corrected chi connectivity index (χ1v) is 13.8. The van der Waals surface area contributed by atoms with Crippen molar-refractivity contribution >= 4 is 21.6 Å². The molecule has 0 radical (unpaired) electrons. The van der Waals surface area contributed by atoms with Crippen molar-refractivity contribution in [3.63, 3.8) is 0 Å². The standard InChI is InChI=1S/C29H36N2O6S/c1-20(2)17-26(22-9-12-24(35-4)13-10-22)30-29(32)19-31(23-11-16-27(36-5)28(18-23)37-6)38(33,34)25-14-7-21(3)8-15-25/h7-16,18,20,26H,17,19H2,1-6H3,(H,30,32)/t26-/m0/s1. The molecule has 0 aromatic heterocycles. The highest BCUT2D eigenvalue weighted by molar-refractivity contribution is 7.92. The van der Waals surface area contributed by atoms with Gasteiger partial charge in [-0.05, 0) is 61.2 Å². The molecule has 3 rings (SSSR count). The largest absolute Gasteiger partial charge is 0.497 e. The van der Waals surface area contributed by atoms with Crippen LogP contribution >= 0.6 is 0 Å². The Labute approximate surface area is 225 Å². The Kier molecular flexibility index (Phi) is 9.63. The van der Waals surface area contributed by atoms with Gasteiger partial charge in [-0.25, -0.2) is 8.42 Å². The maximum atomic E-state index is 13.8. The van der Waals surface area contributed by atoms with Gasteiger partial charge in [-0.1, -0.05) is 43.7 Å². The number of hydrogen-bond acceptors (Lipinski definition) is 6. The van der Waals surface area contributed by atoms with Gasteiger partial charge >= 0.3 is 0 Å². The summed E-state index contributed by atoms with van der Waals surface area (Å²) in [7, 11) is 0.484. The average Bonchev–Trinajstić information content (AvgIpc) is 2.91.